The first-order chi connectivity index (χ1) is 11.2. The highest BCUT2D eigenvalue weighted by Gasteiger charge is 2.33. The van der Waals surface area contributed by atoms with Gasteiger partial charge in [0.2, 0.25) is 5.91 Å². The van der Waals surface area contributed by atoms with Crippen LogP contribution in [0.2, 0.25) is 0 Å². The van der Waals surface area contributed by atoms with Crippen LogP contribution in [-0.2, 0) is 16.1 Å². The van der Waals surface area contributed by atoms with Gasteiger partial charge in [0.25, 0.3) is 0 Å². The summed E-state index contributed by atoms with van der Waals surface area (Å²) in [6, 6.07) is 1.30. The van der Waals surface area contributed by atoms with Gasteiger partial charge >= 0.3 is 0 Å². The summed E-state index contributed by atoms with van der Waals surface area (Å²) in [6.45, 7) is 4.55. The fourth-order valence-electron chi connectivity index (χ4n) is 3.37. The Bertz CT molecular complexity index is 510. The Morgan fingerprint density at radius 2 is 2.09 bits per heavy atom. The highest BCUT2D eigenvalue weighted by molar-refractivity contribution is 5.76. The third kappa shape index (κ3) is 4.54. The van der Waals surface area contributed by atoms with E-state index in [1.54, 1.807) is 6.20 Å². The molecular formula is C17H28N4O2. The van der Waals surface area contributed by atoms with Crippen molar-refractivity contribution < 1.29 is 9.53 Å². The summed E-state index contributed by atoms with van der Waals surface area (Å²) in [5, 5.41) is 6.88. The Hall–Kier alpha value is -1.40. The van der Waals surface area contributed by atoms with E-state index in [9.17, 15) is 4.79 Å². The Morgan fingerprint density at radius 3 is 2.74 bits per heavy atom. The third-order valence-electron chi connectivity index (χ3n) is 5.02. The summed E-state index contributed by atoms with van der Waals surface area (Å²) in [5.41, 5.74) is 0. The number of nitrogens with one attached hydrogen (secondary N) is 2. The topological polar surface area (TPSA) is 68.2 Å². The van der Waals surface area contributed by atoms with Gasteiger partial charge < -0.3 is 19.9 Å². The number of carbonyl (C=O) groups excluding carboxylic acids is 1. The highest BCUT2D eigenvalue weighted by Crippen LogP contribution is 2.22. The summed E-state index contributed by atoms with van der Waals surface area (Å²) in [4.78, 5) is 16.3. The van der Waals surface area contributed by atoms with Crippen LogP contribution in [0.1, 0.15) is 44.3 Å². The van der Waals surface area contributed by atoms with E-state index < -0.39 is 0 Å². The van der Waals surface area contributed by atoms with E-state index in [1.807, 2.05) is 13.1 Å². The minimum Gasteiger partial charge on any atom is -0.381 e. The molecule has 2 N–H and O–H groups in total. The quantitative estimate of drug-likeness (QED) is 0.796. The van der Waals surface area contributed by atoms with Gasteiger partial charge in [0.1, 0.15) is 5.82 Å². The molecule has 0 bridgehead atoms. The number of hydrogen-bond donors (Lipinski definition) is 2. The van der Waals surface area contributed by atoms with Crippen LogP contribution >= 0.6 is 0 Å². The average molecular weight is 320 g/mol. The highest BCUT2D eigenvalue weighted by atomic mass is 16.5. The number of aryl methyl sites for hydroxylation is 2. The molecule has 1 aromatic rings. The molecule has 6 heteroatoms. The lowest BCUT2D eigenvalue weighted by Crippen LogP contribution is -2.59. The van der Waals surface area contributed by atoms with Crippen LogP contribution in [0.15, 0.2) is 12.4 Å². The second-order valence-corrected chi connectivity index (χ2v) is 6.68. The number of imidazole rings is 1. The van der Waals surface area contributed by atoms with Crippen LogP contribution < -0.4 is 10.6 Å². The molecule has 2 fully saturated rings. The number of hydrogen-bond acceptors (Lipinski definition) is 4. The molecule has 23 heavy (non-hydrogen) atoms. The van der Waals surface area contributed by atoms with Crippen molar-refractivity contribution in [3.8, 4) is 0 Å². The van der Waals surface area contributed by atoms with Crippen LogP contribution in [0.25, 0.3) is 0 Å². The standard InChI is InChI=1S/C17H28N4O2/c1-13-18-8-10-21(13)9-2-3-17(22)20-16-5-4-15(16)19-14-6-11-23-12-7-14/h8,10,14-16,19H,2-7,9,11-12H2,1H3,(H,20,22). The van der Waals surface area contributed by atoms with Crippen LogP contribution in [0, 0.1) is 6.92 Å². The maximum Gasteiger partial charge on any atom is 0.220 e. The van der Waals surface area contributed by atoms with Gasteiger partial charge in [0, 0.05) is 56.7 Å². The van der Waals surface area contributed by atoms with Crippen LogP contribution in [-0.4, -0.2) is 46.8 Å². The summed E-state index contributed by atoms with van der Waals surface area (Å²) in [5.74, 6) is 1.18. The zero-order chi connectivity index (χ0) is 16.1. The number of amides is 1. The smallest absolute Gasteiger partial charge is 0.220 e. The van der Waals surface area contributed by atoms with Crippen molar-refractivity contribution in [1.29, 1.82) is 0 Å². The van der Waals surface area contributed by atoms with E-state index in [1.165, 1.54) is 0 Å². The first-order valence-electron chi connectivity index (χ1n) is 8.83. The first kappa shape index (κ1) is 16.5. The summed E-state index contributed by atoms with van der Waals surface area (Å²) in [7, 11) is 0. The molecule has 1 aliphatic heterocycles. The monoisotopic (exact) mass is 320 g/mol. The summed E-state index contributed by atoms with van der Waals surface area (Å²) < 4.78 is 7.48. The Kier molecular flexibility index (Phi) is 5.67. The molecule has 0 aromatic carbocycles. The van der Waals surface area contributed by atoms with Crippen molar-refractivity contribution in [1.82, 2.24) is 20.2 Å². The molecule has 1 saturated heterocycles. The molecule has 2 unspecified atom stereocenters. The fraction of sp³-hybridized carbons (Fsp3) is 0.765. The lowest BCUT2D eigenvalue weighted by atomic mass is 9.85. The van der Waals surface area contributed by atoms with Gasteiger partial charge in [-0.05, 0) is 39.0 Å². The second-order valence-electron chi connectivity index (χ2n) is 6.68. The summed E-state index contributed by atoms with van der Waals surface area (Å²) >= 11 is 0. The Morgan fingerprint density at radius 1 is 1.30 bits per heavy atom. The number of aromatic nitrogens is 2. The maximum atomic E-state index is 12.1. The second kappa shape index (κ2) is 7.93. The van der Waals surface area contributed by atoms with Crippen LogP contribution in [0.4, 0.5) is 0 Å². The van der Waals surface area contributed by atoms with E-state index >= 15 is 0 Å². The molecule has 0 radical (unpaired) electrons. The normalized spacial score (nSPS) is 25.1. The van der Waals surface area contributed by atoms with Crippen molar-refractivity contribution >= 4 is 5.91 Å². The summed E-state index contributed by atoms with van der Waals surface area (Å²) in [6.07, 6.45) is 9.63. The SMILES string of the molecule is Cc1nccn1CCCC(=O)NC1CCC1NC1CCOCC1. The average Bonchev–Trinajstić information content (AvgIpc) is 2.96. The number of ether oxygens (including phenoxy) is 1. The number of nitrogens with zero attached hydrogens (tertiary/aromatic N) is 2. The zero-order valence-corrected chi connectivity index (χ0v) is 14.0. The molecule has 6 nitrogen and oxygen atoms in total. The minimum absolute atomic E-state index is 0.172. The molecule has 0 spiro atoms. The van der Waals surface area contributed by atoms with Crippen LogP contribution in [0.3, 0.4) is 0 Å². The lowest BCUT2D eigenvalue weighted by molar-refractivity contribution is -0.122. The molecule has 3 rings (SSSR count). The molecule has 1 amide bonds. The molecule has 1 saturated carbocycles. The molecule has 128 valence electrons. The van der Waals surface area contributed by atoms with Crippen molar-refractivity contribution in [2.24, 2.45) is 0 Å². The molecule has 2 atom stereocenters. The van der Waals surface area contributed by atoms with Gasteiger partial charge in [-0.3, -0.25) is 4.79 Å². The van der Waals surface area contributed by atoms with Crippen molar-refractivity contribution in [2.45, 2.75) is 70.1 Å². The molecule has 1 aromatic heterocycles. The molecular weight excluding hydrogens is 292 g/mol. The van der Waals surface area contributed by atoms with E-state index in [0.717, 1.165) is 57.7 Å². The van der Waals surface area contributed by atoms with Crippen LogP contribution in [0.5, 0.6) is 0 Å². The fourth-order valence-corrected chi connectivity index (χ4v) is 3.37. The van der Waals surface area contributed by atoms with E-state index in [0.29, 0.717) is 24.5 Å². The van der Waals surface area contributed by atoms with Gasteiger partial charge in [-0.1, -0.05) is 0 Å². The van der Waals surface area contributed by atoms with Crippen molar-refractivity contribution in [3.05, 3.63) is 18.2 Å². The van der Waals surface area contributed by atoms with E-state index in [2.05, 4.69) is 20.2 Å². The third-order valence-corrected chi connectivity index (χ3v) is 5.02. The van der Waals surface area contributed by atoms with E-state index in [4.69, 9.17) is 4.74 Å². The van der Waals surface area contributed by atoms with Gasteiger partial charge in [0.15, 0.2) is 0 Å². The van der Waals surface area contributed by atoms with Gasteiger partial charge in [-0.25, -0.2) is 4.98 Å². The zero-order valence-electron chi connectivity index (χ0n) is 14.0. The predicted molar refractivity (Wildman–Crippen MR) is 88.1 cm³/mol. The largest absolute Gasteiger partial charge is 0.381 e. The lowest BCUT2D eigenvalue weighted by Gasteiger charge is -2.41. The Balaban J connectivity index is 1.33. The number of rotatable bonds is 7. The maximum absolute atomic E-state index is 12.1. The minimum atomic E-state index is 0.172. The predicted octanol–water partition coefficient (Wildman–Crippen LogP) is 1.39. The molecule has 2 aliphatic rings. The Labute approximate surface area is 138 Å². The van der Waals surface area contributed by atoms with Gasteiger partial charge in [-0.15, -0.1) is 0 Å². The van der Waals surface area contributed by atoms with E-state index in [-0.39, 0.29) is 5.91 Å². The molecule has 1 aliphatic carbocycles. The van der Waals surface area contributed by atoms with Gasteiger partial charge in [0.05, 0.1) is 0 Å². The number of carbonyl (C=O) groups is 1. The first-order valence-corrected chi connectivity index (χ1v) is 8.83. The van der Waals surface area contributed by atoms with Gasteiger partial charge in [-0.2, -0.15) is 0 Å². The molecule has 2 heterocycles. The van der Waals surface area contributed by atoms with Crippen molar-refractivity contribution in [2.75, 3.05) is 13.2 Å². The van der Waals surface area contributed by atoms with Crippen molar-refractivity contribution in [3.63, 3.8) is 0 Å².